The molecule has 3 rings (SSSR count). The molecule has 17 heavy (non-hydrogen) atoms. The van der Waals surface area contributed by atoms with Gasteiger partial charge in [-0.1, -0.05) is 11.3 Å². The Hall–Kier alpha value is -0.530. The molecule has 94 valence electrons. The van der Waals surface area contributed by atoms with Gasteiger partial charge in [-0.05, 0) is 32.7 Å². The van der Waals surface area contributed by atoms with Crippen LogP contribution >= 0.6 is 11.3 Å². The first-order valence-electron chi connectivity index (χ1n) is 6.04. The molecule has 6 heteroatoms. The van der Waals surface area contributed by atoms with E-state index in [1.165, 1.54) is 22.6 Å². The highest BCUT2D eigenvalue weighted by molar-refractivity contribution is 7.15. The first kappa shape index (κ1) is 11.6. The van der Waals surface area contributed by atoms with Crippen LogP contribution in [0.2, 0.25) is 0 Å². The molecule has 1 fully saturated rings. The van der Waals surface area contributed by atoms with Crippen molar-refractivity contribution in [2.45, 2.75) is 31.9 Å². The van der Waals surface area contributed by atoms with E-state index in [2.05, 4.69) is 4.98 Å². The van der Waals surface area contributed by atoms with E-state index in [4.69, 9.17) is 0 Å². The van der Waals surface area contributed by atoms with Crippen molar-refractivity contribution >= 4 is 16.5 Å². The average molecular weight is 255 g/mol. The van der Waals surface area contributed by atoms with Crippen LogP contribution in [0.15, 0.2) is 0 Å². The van der Waals surface area contributed by atoms with E-state index in [1.54, 1.807) is 0 Å². The molecule has 5 nitrogen and oxygen atoms in total. The topological polar surface area (TPSA) is 59.4 Å². The monoisotopic (exact) mass is 255 g/mol. The third kappa shape index (κ3) is 1.80. The van der Waals surface area contributed by atoms with Crippen molar-refractivity contribution in [3.63, 3.8) is 0 Å². The molecular weight excluding hydrogens is 238 g/mol. The highest BCUT2D eigenvalue weighted by Crippen LogP contribution is 2.37. The minimum absolute atomic E-state index is 0.299. The predicted octanol–water partition coefficient (Wildman–Crippen LogP) is 1.05. The number of hydrogen-bond donors (Lipinski definition) is 1. The second kappa shape index (κ2) is 4.00. The zero-order valence-corrected chi connectivity index (χ0v) is 10.7. The number of thiazole rings is 1. The summed E-state index contributed by atoms with van der Waals surface area (Å²) < 4.78 is -0.686. The van der Waals surface area contributed by atoms with Gasteiger partial charge in [-0.15, -0.1) is 0 Å². The average Bonchev–Trinajstić information content (AvgIpc) is 2.81. The van der Waals surface area contributed by atoms with Gasteiger partial charge < -0.3 is 10.3 Å². The molecule has 2 unspecified atom stereocenters. The number of likely N-dealkylation sites (N-methyl/N-ethyl adjacent to an activating group) is 1. The van der Waals surface area contributed by atoms with E-state index in [0.29, 0.717) is 18.3 Å². The fourth-order valence-electron chi connectivity index (χ4n) is 2.61. The Balaban J connectivity index is 1.95. The summed E-state index contributed by atoms with van der Waals surface area (Å²) in [5, 5.41) is 23.1. The maximum absolute atomic E-state index is 12.7. The number of hydrogen-bond acceptors (Lipinski definition) is 5. The van der Waals surface area contributed by atoms with Gasteiger partial charge in [0.05, 0.1) is 12.2 Å². The Morgan fingerprint density at radius 2 is 2.24 bits per heavy atom. The van der Waals surface area contributed by atoms with Crippen molar-refractivity contribution in [2.75, 3.05) is 20.3 Å². The Morgan fingerprint density at radius 1 is 1.47 bits per heavy atom. The number of aliphatic hydroxyl groups is 1. The predicted molar refractivity (Wildman–Crippen MR) is 67.4 cm³/mol. The summed E-state index contributed by atoms with van der Waals surface area (Å²) in [4.78, 5) is 7.59. The van der Waals surface area contributed by atoms with Crippen LogP contribution in [-0.4, -0.2) is 41.5 Å². The minimum Gasteiger partial charge on any atom is -0.623 e. The van der Waals surface area contributed by atoms with Crippen LogP contribution < -0.4 is 4.65 Å². The number of fused-ring (bicyclic) bond motifs is 1. The zero-order valence-electron chi connectivity index (χ0n) is 9.93. The lowest BCUT2D eigenvalue weighted by Gasteiger charge is -2.37. The lowest BCUT2D eigenvalue weighted by Crippen LogP contribution is -2.48. The summed E-state index contributed by atoms with van der Waals surface area (Å²) in [6.07, 6.45) is 3.48. The number of β-amino-alcohol motifs (C(OH)–C–C–N with tert-alkyl or cyclic N) is 1. The molecule has 2 heterocycles. The maximum atomic E-state index is 12.7. The first-order valence-corrected chi connectivity index (χ1v) is 6.86. The van der Waals surface area contributed by atoms with Crippen LogP contribution in [0.1, 0.15) is 23.4 Å². The van der Waals surface area contributed by atoms with E-state index in [9.17, 15) is 10.3 Å². The molecule has 2 aliphatic rings. The Kier molecular flexibility index (Phi) is 2.72. The van der Waals surface area contributed by atoms with Crippen molar-refractivity contribution in [3.8, 4) is 0 Å². The van der Waals surface area contributed by atoms with Gasteiger partial charge in [0.25, 0.3) is 5.13 Å². The van der Waals surface area contributed by atoms with Crippen molar-refractivity contribution < 1.29 is 5.11 Å². The van der Waals surface area contributed by atoms with E-state index in [0.717, 1.165) is 25.0 Å². The second-order valence-corrected chi connectivity index (χ2v) is 6.09. The Morgan fingerprint density at radius 3 is 2.88 bits per heavy atom. The van der Waals surface area contributed by atoms with E-state index >= 15 is 0 Å². The number of nitrogens with zero attached hydrogens (tertiary/aromatic N) is 3. The molecule has 0 saturated carbocycles. The van der Waals surface area contributed by atoms with Crippen LogP contribution in [-0.2, 0) is 12.8 Å². The second-order valence-electron chi connectivity index (χ2n) is 5.03. The molecule has 0 radical (unpaired) electrons. The van der Waals surface area contributed by atoms with Gasteiger partial charge in [0, 0.05) is 4.88 Å². The highest BCUT2D eigenvalue weighted by Gasteiger charge is 2.41. The van der Waals surface area contributed by atoms with Crippen LogP contribution in [0.3, 0.4) is 0 Å². The van der Waals surface area contributed by atoms with Crippen LogP contribution in [0.5, 0.6) is 0 Å². The zero-order chi connectivity index (χ0) is 12.0. The molecule has 1 aromatic rings. The summed E-state index contributed by atoms with van der Waals surface area (Å²) in [7, 11) is 1.86. The SMILES string of the molecule is CN1CC(O)[N+]([O-])(c2nc3c(s2)CCCC3)C1. The number of quaternary nitrogens is 1. The smallest absolute Gasteiger partial charge is 0.289 e. The fourth-order valence-corrected chi connectivity index (χ4v) is 3.83. The lowest BCUT2D eigenvalue weighted by molar-refractivity contribution is 0.0847. The summed E-state index contributed by atoms with van der Waals surface area (Å²) in [6.45, 7) is 0.724. The van der Waals surface area contributed by atoms with Crippen LogP contribution in [0.25, 0.3) is 0 Å². The van der Waals surface area contributed by atoms with Gasteiger partial charge in [0.2, 0.25) is 6.23 Å². The number of aryl methyl sites for hydroxylation is 2. The summed E-state index contributed by atoms with van der Waals surface area (Å²) in [5.41, 5.74) is 1.09. The quantitative estimate of drug-likeness (QED) is 0.602. The number of hydroxylamine groups is 2. The van der Waals surface area contributed by atoms with E-state index < -0.39 is 10.9 Å². The van der Waals surface area contributed by atoms with Crippen molar-refractivity contribution in [1.82, 2.24) is 14.5 Å². The standard InChI is InChI=1S/C11H17N3O2S/c1-13-6-10(15)14(16,7-13)11-12-8-4-2-3-5-9(8)17-11/h10,15H,2-7H2,1H3. The summed E-state index contributed by atoms with van der Waals surface area (Å²) in [5.74, 6) is 0. The fraction of sp³-hybridized carbons (Fsp3) is 0.727. The molecule has 0 aromatic carbocycles. The maximum Gasteiger partial charge on any atom is 0.289 e. The molecule has 1 aliphatic heterocycles. The third-order valence-corrected chi connectivity index (χ3v) is 4.84. The van der Waals surface area contributed by atoms with Gasteiger partial charge in [-0.2, -0.15) is 4.98 Å². The van der Waals surface area contributed by atoms with Gasteiger partial charge in [-0.25, -0.2) is 0 Å². The van der Waals surface area contributed by atoms with Crippen molar-refractivity contribution in [2.24, 2.45) is 0 Å². The molecule has 1 saturated heterocycles. The molecular formula is C11H17N3O2S. The molecule has 2 atom stereocenters. The van der Waals surface area contributed by atoms with Gasteiger partial charge in [-0.3, -0.25) is 9.55 Å². The number of aliphatic hydroxyl groups excluding tert-OH is 1. The minimum atomic E-state index is -0.896. The van der Waals surface area contributed by atoms with Crippen molar-refractivity contribution in [3.05, 3.63) is 15.8 Å². The van der Waals surface area contributed by atoms with Crippen LogP contribution in [0.4, 0.5) is 5.13 Å². The Bertz CT molecular complexity index is 413. The van der Waals surface area contributed by atoms with Gasteiger partial charge in [0.15, 0.2) is 0 Å². The Labute approximate surface area is 104 Å². The van der Waals surface area contributed by atoms with E-state index in [1.807, 2.05) is 11.9 Å². The highest BCUT2D eigenvalue weighted by atomic mass is 32.1. The normalized spacial score (nSPS) is 33.9. The lowest BCUT2D eigenvalue weighted by atomic mass is 10.0. The summed E-state index contributed by atoms with van der Waals surface area (Å²) in [6, 6.07) is 0. The largest absolute Gasteiger partial charge is 0.623 e. The molecule has 0 bridgehead atoms. The number of rotatable bonds is 1. The molecule has 1 aromatic heterocycles. The third-order valence-electron chi connectivity index (χ3n) is 3.57. The number of aromatic nitrogens is 1. The molecule has 1 N–H and O–H groups in total. The van der Waals surface area contributed by atoms with Gasteiger partial charge >= 0.3 is 0 Å². The molecule has 0 amide bonds. The van der Waals surface area contributed by atoms with E-state index in [-0.39, 0.29) is 0 Å². The molecule has 0 spiro atoms. The van der Waals surface area contributed by atoms with Crippen LogP contribution in [0, 0.1) is 5.21 Å². The summed E-state index contributed by atoms with van der Waals surface area (Å²) >= 11 is 1.50. The van der Waals surface area contributed by atoms with Gasteiger partial charge in [0.1, 0.15) is 6.67 Å². The van der Waals surface area contributed by atoms with Crippen molar-refractivity contribution in [1.29, 1.82) is 0 Å². The first-order chi connectivity index (χ1) is 8.09. The molecule has 1 aliphatic carbocycles.